The molecule has 0 aliphatic rings. The van der Waals surface area contributed by atoms with Crippen molar-refractivity contribution < 1.29 is 0 Å². The maximum Gasteiger partial charge on any atom is 0 e. The molecule has 0 spiro atoms. The first-order valence-corrected chi connectivity index (χ1v) is 11.3. The molecule has 35 heteroatoms. The lowest BCUT2D eigenvalue weighted by Crippen LogP contribution is -2.90. The molecule has 0 aliphatic heterocycles. The Morgan fingerprint density at radius 1 is 0.257 bits per heavy atom. The molecule has 105 valence electrons. The van der Waals surface area contributed by atoms with Gasteiger partial charge in [-0.1, -0.05) is 0 Å². The summed E-state index contributed by atoms with van der Waals surface area (Å²) in [6.45, 7) is 0. The number of hydrogen-bond donors (Lipinski definition) is 0. The fourth-order valence-corrected chi connectivity index (χ4v) is 5.52. The summed E-state index contributed by atoms with van der Waals surface area (Å²) in [6, 6.07) is 0. The summed E-state index contributed by atoms with van der Waals surface area (Å²) in [6.07, 6.45) is -16.4. The third kappa shape index (κ3) is 10.3. The van der Waals surface area contributed by atoms with Crippen LogP contribution in [0.4, 0.5) is 0 Å². The lowest BCUT2D eigenvalue weighted by molar-refractivity contribution is 3.23. The molecule has 0 atom stereocenters. The molecular weight excluding hydrogens is 378 g/mol. The third-order valence-corrected chi connectivity index (χ3v) is 6.89. The van der Waals surface area contributed by atoms with Gasteiger partial charge < -0.3 is 0 Å². The van der Waals surface area contributed by atoms with E-state index in [1.54, 1.807) is 0 Å². The van der Waals surface area contributed by atoms with Crippen LogP contribution in [0.2, 0.25) is 0 Å². The summed E-state index contributed by atoms with van der Waals surface area (Å²) < 4.78 is 0. The molecule has 0 fully saturated rings. The van der Waals surface area contributed by atoms with E-state index in [9.17, 15) is 0 Å². The van der Waals surface area contributed by atoms with Crippen molar-refractivity contribution in [1.29, 1.82) is 0 Å². The number of hydrogen-bond acceptors (Lipinski definition) is 0. The van der Waals surface area contributed by atoms with Crippen molar-refractivity contribution in [3.05, 3.63) is 0 Å². The van der Waals surface area contributed by atoms with Gasteiger partial charge in [0, 0.05) is 248 Å². The van der Waals surface area contributed by atoms with Crippen LogP contribution in [0.3, 0.4) is 0 Å². The zero-order chi connectivity index (χ0) is 27.9. The molecule has 0 amide bonds. The fourth-order valence-electron chi connectivity index (χ4n) is 5.52. The van der Waals surface area contributed by atoms with E-state index in [1.807, 2.05) is 0 Å². The van der Waals surface area contributed by atoms with Crippen LogP contribution in [0.1, 0.15) is 0 Å². The smallest absolute Gasteiger partial charge is 0 e. The van der Waals surface area contributed by atoms with Gasteiger partial charge >= 0.3 is 0 Å². The van der Waals surface area contributed by atoms with E-state index in [2.05, 4.69) is 0 Å². The molecule has 0 unspecified atom stereocenters. The molecule has 0 heterocycles. The van der Waals surface area contributed by atoms with Gasteiger partial charge in [0.05, 0.1) is 0 Å². The van der Waals surface area contributed by atoms with Gasteiger partial charge in [-0.3, -0.25) is 0 Å². The predicted molar refractivity (Wildman–Crippen MR) is 201 cm³/mol. The first kappa shape index (κ1) is 37.3. The first-order valence-electron chi connectivity index (χ1n) is 11.3. The summed E-state index contributed by atoms with van der Waals surface area (Å²) >= 11 is 0. The lowest BCUT2D eigenvalue weighted by Gasteiger charge is -2.52. The van der Waals surface area contributed by atoms with E-state index < -0.39 is 102 Å². The zero-order valence-electron chi connectivity index (χ0n) is 20.2. The summed E-state index contributed by atoms with van der Waals surface area (Å²) in [7, 11) is 112. The van der Waals surface area contributed by atoms with Crippen molar-refractivity contribution >= 4 is 248 Å². The third-order valence-electron chi connectivity index (χ3n) is 6.89. The highest BCUT2D eigenvalue weighted by atomic mass is 13.4. The molecule has 0 aromatic heterocycles. The SMILES string of the molecule is [B][B]B([B])B(B(B([B])[B])B([B])[B])B(B(B([B])[B])B([B])[B])B(B(B([B])[B])B([B])[B])B(B([B])[B])B([B])[B]. The van der Waals surface area contributed by atoms with Crippen LogP contribution in [0.5, 0.6) is 0 Å². The molecule has 0 N–H and O–H groups in total. The standard InChI is InChI=1S/B35/c1-19-28(18)33(29(20(2)3)21(4)5)35(32(26(14)15)27(16)17)34(30(22(6)7)23(8)9)31(24(10)11)25(12)13. The van der Waals surface area contributed by atoms with E-state index in [0.29, 0.717) is 0 Å². The Kier molecular flexibility index (Phi) is 18.3. The van der Waals surface area contributed by atoms with E-state index in [4.69, 9.17) is 139 Å². The van der Waals surface area contributed by atoms with Gasteiger partial charge in [-0.25, -0.2) is 0 Å². The van der Waals surface area contributed by atoms with Crippen LogP contribution >= 0.6 is 0 Å². The fraction of sp³-hybridized carbons (Fsp3) is 0. The molecule has 0 aliphatic carbocycles. The van der Waals surface area contributed by atoms with Crippen molar-refractivity contribution in [2.24, 2.45) is 0 Å². The van der Waals surface area contributed by atoms with Crippen LogP contribution in [-0.2, 0) is 0 Å². The molecule has 0 saturated carbocycles. The average molecular weight is 378 g/mol. The van der Waals surface area contributed by atoms with Gasteiger partial charge in [-0.2, -0.15) is 0 Å². The highest BCUT2D eigenvalue weighted by molar-refractivity contribution is 8.30. The van der Waals surface area contributed by atoms with E-state index in [0.717, 1.165) is 0 Å². The van der Waals surface area contributed by atoms with Gasteiger partial charge in [0.2, 0.25) is 0 Å². The van der Waals surface area contributed by atoms with Crippen molar-refractivity contribution in [2.75, 3.05) is 0 Å². The normalized spacial score (nSPS) is 9.49. The van der Waals surface area contributed by atoms with Crippen LogP contribution in [0.25, 0.3) is 0 Å². The van der Waals surface area contributed by atoms with Crippen molar-refractivity contribution in [1.82, 2.24) is 0 Å². The second kappa shape index (κ2) is 17.2. The highest BCUT2D eigenvalue weighted by Crippen LogP contribution is 2.16. The van der Waals surface area contributed by atoms with Crippen molar-refractivity contribution in [3.63, 3.8) is 0 Å². The largest absolute Gasteiger partial charge is 0 e. The number of rotatable bonds is 16. The molecule has 0 aromatic carbocycles. The molecule has 0 bridgehead atoms. The highest BCUT2D eigenvalue weighted by Gasteiger charge is 2.54. The summed E-state index contributed by atoms with van der Waals surface area (Å²) in [5, 5.41) is 0. The Morgan fingerprint density at radius 3 is 0.600 bits per heavy atom. The van der Waals surface area contributed by atoms with Crippen LogP contribution in [0, 0.1) is 0 Å². The lowest BCUT2D eigenvalue weighted by atomic mass is 8.29. The van der Waals surface area contributed by atoms with Crippen LogP contribution in [-0.4, -0.2) is 248 Å². The molecule has 0 rings (SSSR count). The van der Waals surface area contributed by atoms with Crippen molar-refractivity contribution in [2.45, 2.75) is 0 Å². The molecular formula is B35. The zero-order valence-corrected chi connectivity index (χ0v) is 20.2. The first-order chi connectivity index (χ1) is 15.9. The topological polar surface area (TPSA) is 0 Å². The van der Waals surface area contributed by atoms with E-state index in [1.165, 1.54) is 7.06 Å². The minimum absolute atomic E-state index is 0.890. The minimum Gasteiger partial charge on any atom is 0 e. The maximum absolute atomic E-state index is 6.46. The molecule has 0 saturated heterocycles. The van der Waals surface area contributed by atoms with Gasteiger partial charge in [-0.15, -0.1) is 0 Å². The van der Waals surface area contributed by atoms with Crippen LogP contribution < -0.4 is 0 Å². The van der Waals surface area contributed by atoms with E-state index in [-0.39, 0.29) is 0 Å². The predicted octanol–water partition coefficient (Wildman–Crippen LogP) is -13.3. The Bertz CT molecular complexity index is 482. The molecule has 0 nitrogen and oxygen atoms in total. The average Bonchev–Trinajstić information content (AvgIpc) is 2.66. The molecule has 37 radical (unpaired) electrons. The Balaban J connectivity index is 7.70. The summed E-state index contributed by atoms with van der Waals surface area (Å²) in [5.74, 6) is 0. The monoisotopic (exact) mass is 385 g/mol. The van der Waals surface area contributed by atoms with Gasteiger partial charge in [0.25, 0.3) is 0 Å². The Hall–Kier alpha value is 2.27. The Morgan fingerprint density at radius 2 is 0.429 bits per heavy atom. The van der Waals surface area contributed by atoms with Gasteiger partial charge in [0.15, 0.2) is 0 Å². The quantitative estimate of drug-likeness (QED) is 0.234. The summed E-state index contributed by atoms with van der Waals surface area (Å²) in [5.41, 5.74) is 0. The maximum atomic E-state index is 6.46. The molecule has 35 heavy (non-hydrogen) atoms. The van der Waals surface area contributed by atoms with Crippen molar-refractivity contribution in [3.8, 4) is 0 Å². The minimum atomic E-state index is -1.13. The van der Waals surface area contributed by atoms with E-state index >= 15 is 0 Å². The second-order valence-corrected chi connectivity index (χ2v) is 9.43. The second-order valence-electron chi connectivity index (χ2n) is 9.43. The molecule has 0 aromatic rings. The summed E-state index contributed by atoms with van der Waals surface area (Å²) in [4.78, 5) is 0. The van der Waals surface area contributed by atoms with Gasteiger partial charge in [-0.05, 0) is 0 Å². The van der Waals surface area contributed by atoms with Gasteiger partial charge in [0.1, 0.15) is 0 Å². The Labute approximate surface area is 247 Å². The van der Waals surface area contributed by atoms with Crippen LogP contribution in [0.15, 0.2) is 0 Å².